The van der Waals surface area contributed by atoms with E-state index in [1.165, 1.54) is 0 Å². The molecule has 0 bridgehead atoms. The maximum Gasteiger partial charge on any atom is 0.320 e. The van der Waals surface area contributed by atoms with Gasteiger partial charge in [-0.1, -0.05) is 0 Å². The highest BCUT2D eigenvalue weighted by atomic mass is 16.4. The summed E-state index contributed by atoms with van der Waals surface area (Å²) >= 11 is 0. The van der Waals surface area contributed by atoms with Crippen LogP contribution < -0.4 is 16.8 Å². The lowest BCUT2D eigenvalue weighted by Gasteiger charge is -2.12. The predicted molar refractivity (Wildman–Crippen MR) is 46.8 cm³/mol. The van der Waals surface area contributed by atoms with E-state index in [2.05, 4.69) is 5.32 Å². The highest BCUT2D eigenvalue weighted by molar-refractivity contribution is 5.73. The van der Waals surface area contributed by atoms with Gasteiger partial charge < -0.3 is 21.9 Å². The van der Waals surface area contributed by atoms with Gasteiger partial charge in [-0.3, -0.25) is 4.79 Å². The fourth-order valence-electron chi connectivity index (χ4n) is 0.892. The minimum Gasteiger partial charge on any atom is -0.480 e. The highest BCUT2D eigenvalue weighted by Crippen LogP contribution is 1.95. The molecule has 0 rings (SSSR count). The average molecular weight is 175 g/mol. The number of nitrogens with two attached hydrogens (primary N) is 2. The zero-order valence-corrected chi connectivity index (χ0v) is 7.12. The molecular weight excluding hydrogens is 158 g/mol. The monoisotopic (exact) mass is 175 g/mol. The van der Waals surface area contributed by atoms with Crippen LogP contribution in [0.3, 0.4) is 0 Å². The van der Waals surface area contributed by atoms with Crippen LogP contribution >= 0.6 is 0 Å². The van der Waals surface area contributed by atoms with Gasteiger partial charge in [-0.15, -0.1) is 0 Å². The Labute approximate surface area is 72.1 Å². The third-order valence-corrected chi connectivity index (χ3v) is 1.53. The van der Waals surface area contributed by atoms with Gasteiger partial charge in [0.05, 0.1) is 0 Å². The van der Waals surface area contributed by atoms with Crippen LogP contribution in [0, 0.1) is 0 Å². The van der Waals surface area contributed by atoms with Gasteiger partial charge in [0.25, 0.3) is 0 Å². The van der Waals surface area contributed by atoms with Crippen molar-refractivity contribution in [2.45, 2.75) is 18.9 Å². The second-order valence-corrected chi connectivity index (χ2v) is 2.56. The number of carboxylic acids is 1. The topological polar surface area (TPSA) is 101 Å². The van der Waals surface area contributed by atoms with Crippen LogP contribution in [0.15, 0.2) is 0 Å². The van der Waals surface area contributed by atoms with E-state index in [-0.39, 0.29) is 0 Å². The van der Waals surface area contributed by atoms with Crippen LogP contribution in [0.4, 0.5) is 0 Å². The largest absolute Gasteiger partial charge is 0.480 e. The molecule has 0 spiro atoms. The fraction of sp³-hybridized carbons (Fsp3) is 0.857. The number of rotatable bonds is 7. The van der Waals surface area contributed by atoms with Crippen LogP contribution in [0.1, 0.15) is 12.8 Å². The van der Waals surface area contributed by atoms with E-state index in [1.54, 1.807) is 0 Å². The van der Waals surface area contributed by atoms with Gasteiger partial charge in [0.15, 0.2) is 0 Å². The molecule has 5 nitrogen and oxygen atoms in total. The van der Waals surface area contributed by atoms with Gasteiger partial charge in [0, 0.05) is 13.1 Å². The lowest BCUT2D eigenvalue weighted by molar-refractivity contribution is -0.139. The minimum atomic E-state index is -0.836. The summed E-state index contributed by atoms with van der Waals surface area (Å²) in [6, 6.07) is -0.503. The van der Waals surface area contributed by atoms with Gasteiger partial charge in [-0.05, 0) is 19.4 Å². The van der Waals surface area contributed by atoms with E-state index in [0.29, 0.717) is 32.5 Å². The third-order valence-electron chi connectivity index (χ3n) is 1.53. The smallest absolute Gasteiger partial charge is 0.320 e. The number of aliphatic carboxylic acids is 1. The Hall–Kier alpha value is -0.650. The Morgan fingerprint density at radius 1 is 1.42 bits per heavy atom. The second-order valence-electron chi connectivity index (χ2n) is 2.56. The van der Waals surface area contributed by atoms with Crippen LogP contribution in [0.5, 0.6) is 0 Å². The maximum atomic E-state index is 10.6. The molecule has 6 N–H and O–H groups in total. The van der Waals surface area contributed by atoms with Gasteiger partial charge in [0.1, 0.15) is 6.04 Å². The van der Waals surface area contributed by atoms with Crippen LogP contribution in [-0.4, -0.2) is 36.8 Å². The maximum absolute atomic E-state index is 10.6. The molecule has 72 valence electrons. The number of carboxylic acid groups (broad SMARTS) is 1. The predicted octanol–water partition coefficient (Wildman–Crippen LogP) is -1.27. The molecule has 0 aromatic heterocycles. The average Bonchev–Trinajstić information content (AvgIpc) is 2.04. The van der Waals surface area contributed by atoms with Crippen molar-refractivity contribution < 1.29 is 9.90 Å². The summed E-state index contributed by atoms with van der Waals surface area (Å²) in [5, 5.41) is 11.5. The second kappa shape index (κ2) is 7.02. The summed E-state index contributed by atoms with van der Waals surface area (Å²) in [7, 11) is 0. The summed E-state index contributed by atoms with van der Waals surface area (Å²) < 4.78 is 0. The first-order valence-electron chi connectivity index (χ1n) is 4.08. The van der Waals surface area contributed by atoms with Gasteiger partial charge in [-0.25, -0.2) is 0 Å². The van der Waals surface area contributed by atoms with E-state index in [4.69, 9.17) is 16.6 Å². The molecule has 0 radical (unpaired) electrons. The fourth-order valence-corrected chi connectivity index (χ4v) is 0.892. The van der Waals surface area contributed by atoms with Crippen molar-refractivity contribution in [3.63, 3.8) is 0 Å². The summed E-state index contributed by atoms with van der Waals surface area (Å²) in [5.74, 6) is -0.836. The summed E-state index contributed by atoms with van der Waals surface area (Å²) in [6.45, 7) is 1.50. The number of hydrogen-bond donors (Lipinski definition) is 4. The molecule has 0 amide bonds. The van der Waals surface area contributed by atoms with E-state index in [1.807, 2.05) is 0 Å². The molecule has 0 unspecified atom stereocenters. The van der Waals surface area contributed by atoms with E-state index >= 15 is 0 Å². The Kier molecular flexibility index (Phi) is 6.64. The molecule has 0 saturated carbocycles. The highest BCUT2D eigenvalue weighted by Gasteiger charge is 2.14. The molecular formula is C7H17N3O2. The van der Waals surface area contributed by atoms with Crippen molar-refractivity contribution in [1.29, 1.82) is 0 Å². The van der Waals surface area contributed by atoms with Gasteiger partial charge in [-0.2, -0.15) is 0 Å². The Morgan fingerprint density at radius 3 is 2.50 bits per heavy atom. The van der Waals surface area contributed by atoms with Crippen LogP contribution in [0.25, 0.3) is 0 Å². The molecule has 0 aliphatic carbocycles. The molecule has 0 aliphatic heterocycles. The lowest BCUT2D eigenvalue weighted by Crippen LogP contribution is -2.39. The first kappa shape index (κ1) is 11.4. The summed E-state index contributed by atoms with van der Waals surface area (Å²) in [5.41, 5.74) is 10.5. The zero-order valence-electron chi connectivity index (χ0n) is 7.12. The van der Waals surface area contributed by atoms with Gasteiger partial charge >= 0.3 is 5.97 Å². The van der Waals surface area contributed by atoms with Crippen molar-refractivity contribution >= 4 is 5.97 Å². The zero-order chi connectivity index (χ0) is 9.40. The van der Waals surface area contributed by atoms with E-state index in [9.17, 15) is 4.79 Å². The normalized spacial score (nSPS) is 12.8. The van der Waals surface area contributed by atoms with Gasteiger partial charge in [0.2, 0.25) is 0 Å². The van der Waals surface area contributed by atoms with Crippen molar-refractivity contribution in [3.8, 4) is 0 Å². The standard InChI is InChI=1S/C7H17N3O2/c8-3-1-2-6(7(11)12)10-5-4-9/h6,10H,1-5,8-9H2,(H,11,12)/t6-/m0/s1. The van der Waals surface area contributed by atoms with Crippen molar-refractivity contribution in [2.75, 3.05) is 19.6 Å². The summed E-state index contributed by atoms with van der Waals surface area (Å²) in [6.07, 6.45) is 1.28. The molecule has 5 heteroatoms. The molecule has 1 atom stereocenters. The molecule has 0 saturated heterocycles. The number of nitrogens with one attached hydrogen (secondary N) is 1. The first-order valence-corrected chi connectivity index (χ1v) is 4.08. The van der Waals surface area contributed by atoms with Crippen LogP contribution in [-0.2, 0) is 4.79 Å². The Morgan fingerprint density at radius 2 is 2.08 bits per heavy atom. The van der Waals surface area contributed by atoms with Crippen molar-refractivity contribution in [1.82, 2.24) is 5.32 Å². The third kappa shape index (κ3) is 5.06. The van der Waals surface area contributed by atoms with E-state index in [0.717, 1.165) is 0 Å². The van der Waals surface area contributed by atoms with Crippen molar-refractivity contribution in [2.24, 2.45) is 11.5 Å². The lowest BCUT2D eigenvalue weighted by atomic mass is 10.1. The van der Waals surface area contributed by atoms with Crippen molar-refractivity contribution in [3.05, 3.63) is 0 Å². The summed E-state index contributed by atoms with van der Waals surface area (Å²) in [4.78, 5) is 10.6. The molecule has 12 heavy (non-hydrogen) atoms. The Balaban J connectivity index is 3.62. The Bertz CT molecular complexity index is 122. The number of carbonyl (C=O) groups is 1. The quantitative estimate of drug-likeness (QED) is 0.386. The molecule has 0 fully saturated rings. The SMILES string of the molecule is NCCC[C@H](NCCN)C(=O)O. The minimum absolute atomic E-state index is 0.451. The van der Waals surface area contributed by atoms with E-state index < -0.39 is 12.0 Å². The molecule has 0 heterocycles. The number of hydrogen-bond acceptors (Lipinski definition) is 4. The molecule has 0 aromatic rings. The molecule has 0 aliphatic rings. The molecule has 0 aromatic carbocycles. The first-order chi connectivity index (χ1) is 5.72. The van der Waals surface area contributed by atoms with Crippen LogP contribution in [0.2, 0.25) is 0 Å².